The lowest BCUT2D eigenvalue weighted by Crippen LogP contribution is -2.46. The minimum Gasteiger partial charge on any atom is -0.394 e. The van der Waals surface area contributed by atoms with Gasteiger partial charge in [-0.3, -0.25) is 14.4 Å². The number of H-pyrrole nitrogens is 1. The van der Waals surface area contributed by atoms with E-state index in [4.69, 9.17) is 55.8 Å². The largest absolute Gasteiger partial charge is 0.394 e. The van der Waals surface area contributed by atoms with Crippen LogP contribution in [0.25, 0.3) is 0 Å². The summed E-state index contributed by atoms with van der Waals surface area (Å²) in [5, 5.41) is 20.5. The van der Waals surface area contributed by atoms with Crippen LogP contribution >= 0.6 is 0 Å². The van der Waals surface area contributed by atoms with Gasteiger partial charge in [-0.2, -0.15) is 4.99 Å². The van der Waals surface area contributed by atoms with Crippen LogP contribution in [0.3, 0.4) is 0 Å². The summed E-state index contributed by atoms with van der Waals surface area (Å²) >= 11 is 0. The molecule has 1 aliphatic carbocycles. The van der Waals surface area contributed by atoms with E-state index in [1.807, 2.05) is 12.1 Å². The molecule has 17 nitrogen and oxygen atoms in total. The molecule has 3 amide bonds. The van der Waals surface area contributed by atoms with Gasteiger partial charge in [-0.25, -0.2) is 0 Å². The number of benzene rings is 3. The van der Waals surface area contributed by atoms with E-state index in [0.29, 0.717) is 6.42 Å². The number of carbonyl (C=O) groups excluding carboxylic acids is 3. The predicted molar refractivity (Wildman–Crippen MR) is 230 cm³/mol. The minimum absolute atomic E-state index is 0.0794. The molecule has 4 aromatic rings. The number of fused-ring (bicyclic) bond motifs is 3. The number of primary amides is 1. The Morgan fingerprint density at radius 2 is 1.03 bits per heavy atom. The maximum Gasteiger partial charge on any atom is 0.296 e. The number of aromatic nitrogens is 1. The topological polar surface area (TPSA) is 265 Å². The summed E-state index contributed by atoms with van der Waals surface area (Å²) in [6.07, 6.45) is 2.37. The Labute approximate surface area is 360 Å². The molecular formula is C45H58N6O11. The predicted octanol–water partition coefficient (Wildman–Crippen LogP) is 1.42. The number of aromatic amines is 1. The Hall–Kier alpha value is -5.50. The number of hydrogen-bond acceptors (Lipinski definition) is 11. The zero-order valence-corrected chi connectivity index (χ0v) is 34.9. The Balaban J connectivity index is 1.37. The summed E-state index contributed by atoms with van der Waals surface area (Å²) in [7, 11) is 0. The second-order valence-electron chi connectivity index (χ2n) is 14.5. The number of carbonyl (C=O) groups is 3. The highest BCUT2D eigenvalue weighted by molar-refractivity contribution is 6.05. The Bertz CT molecular complexity index is 2100. The summed E-state index contributed by atoms with van der Waals surface area (Å²) in [5.74, 6) is -2.84. The van der Waals surface area contributed by atoms with Crippen molar-refractivity contribution < 1.29 is 53.0 Å². The third kappa shape index (κ3) is 14.6. The first kappa shape index (κ1) is 47.5. The van der Waals surface area contributed by atoms with Crippen LogP contribution in [-0.2, 0) is 72.1 Å². The summed E-state index contributed by atoms with van der Waals surface area (Å²) < 4.78 is 33.2. The molecule has 0 radical (unpaired) electrons. The van der Waals surface area contributed by atoms with Gasteiger partial charge in [-0.15, -0.1) is 0 Å². The van der Waals surface area contributed by atoms with Crippen LogP contribution in [0.15, 0.2) is 71.7 Å². The van der Waals surface area contributed by atoms with E-state index in [2.05, 4.69) is 69.9 Å². The van der Waals surface area contributed by atoms with Crippen LogP contribution in [0.4, 0.5) is 0 Å². The van der Waals surface area contributed by atoms with E-state index in [1.54, 1.807) is 0 Å². The molecule has 0 unspecified atom stereocenters. The Kier molecular flexibility index (Phi) is 19.5. The maximum atomic E-state index is 14.2. The van der Waals surface area contributed by atoms with Gasteiger partial charge in [0.05, 0.1) is 92.5 Å². The molecule has 1 aromatic heterocycles. The van der Waals surface area contributed by atoms with Crippen LogP contribution < -0.4 is 22.5 Å². The highest BCUT2D eigenvalue weighted by Crippen LogP contribution is 2.29. The Morgan fingerprint density at radius 1 is 0.597 bits per heavy atom. The summed E-state index contributed by atoms with van der Waals surface area (Å²) in [5.41, 5.74) is 25.5. The number of guanidine groups is 1. The molecule has 0 spiro atoms. The first-order chi connectivity index (χ1) is 30.2. The molecule has 0 fully saturated rings. The monoisotopic (exact) mass is 858 g/mol. The van der Waals surface area contributed by atoms with Gasteiger partial charge in [0.2, 0.25) is 5.91 Å². The standard InChI is InChI=1S/C45H58N6O11/c46-42(54)39(24-30-9-10-35-26-33-7-2-1-5-31(33)25-32-6-3-4-8-34(32)27-36(35)23-30)49-43(55)40-37(28-61-21-19-59-17-15-57-13-11-52)38(41(50-40)44(56)51-45(47)48)29-62-22-20-60-18-16-58-14-12-53/h1-10,23,39,50,52-53H,11-22,24-29H2,(H2,46,54)(H,49,55)(H4,47,48,51,56)/t39-/m1/s1. The number of aliphatic hydroxyl groups is 2. The van der Waals surface area contributed by atoms with Gasteiger partial charge in [0.1, 0.15) is 17.4 Å². The van der Waals surface area contributed by atoms with Crippen molar-refractivity contribution >= 4 is 23.7 Å². The Morgan fingerprint density at radius 3 is 1.50 bits per heavy atom. The molecule has 0 saturated heterocycles. The lowest BCUT2D eigenvalue weighted by atomic mass is 9.92. The fourth-order valence-electron chi connectivity index (χ4n) is 7.06. The lowest BCUT2D eigenvalue weighted by Gasteiger charge is -2.18. The van der Waals surface area contributed by atoms with Gasteiger partial charge in [0, 0.05) is 17.5 Å². The lowest BCUT2D eigenvalue weighted by molar-refractivity contribution is -0.119. The second-order valence-corrected chi connectivity index (χ2v) is 14.5. The minimum atomic E-state index is -1.14. The first-order valence-corrected chi connectivity index (χ1v) is 20.6. The zero-order valence-electron chi connectivity index (χ0n) is 34.9. The van der Waals surface area contributed by atoms with Crippen molar-refractivity contribution in [2.45, 2.75) is 44.9 Å². The third-order valence-electron chi connectivity index (χ3n) is 10.1. The fourth-order valence-corrected chi connectivity index (χ4v) is 7.06. The molecule has 3 aromatic carbocycles. The summed E-state index contributed by atoms with van der Waals surface area (Å²) in [6.45, 7) is 1.57. The molecule has 1 atom stereocenters. The molecule has 334 valence electrons. The maximum absolute atomic E-state index is 14.2. The second kappa shape index (κ2) is 25.4. The molecule has 1 heterocycles. The number of nitrogens with two attached hydrogens (primary N) is 3. The van der Waals surface area contributed by atoms with Crippen molar-refractivity contribution in [2.24, 2.45) is 22.2 Å². The van der Waals surface area contributed by atoms with E-state index in [1.165, 1.54) is 27.8 Å². The average molecular weight is 859 g/mol. The van der Waals surface area contributed by atoms with Gasteiger partial charge in [-0.05, 0) is 58.2 Å². The molecule has 1 aliphatic rings. The van der Waals surface area contributed by atoms with Crippen molar-refractivity contribution in [3.63, 3.8) is 0 Å². The van der Waals surface area contributed by atoms with E-state index in [9.17, 15) is 14.4 Å². The molecule has 0 bridgehead atoms. The number of amides is 3. The van der Waals surface area contributed by atoms with Crippen molar-refractivity contribution in [2.75, 3.05) is 79.3 Å². The molecule has 17 heteroatoms. The quantitative estimate of drug-likeness (QED) is 0.0236. The smallest absolute Gasteiger partial charge is 0.296 e. The number of rotatable bonds is 26. The molecule has 5 rings (SSSR count). The van der Waals surface area contributed by atoms with Gasteiger partial charge >= 0.3 is 0 Å². The van der Waals surface area contributed by atoms with Crippen molar-refractivity contribution in [1.29, 1.82) is 0 Å². The SMILES string of the molecule is NC(=O)[C@@H](Cc1ccc2c(c1)Cc1ccccc1Cc1ccccc1C2)NC(=O)c1[nH]c(C(=O)N=C(N)N)c(COCCOCCOCCO)c1COCCOCCOCCO. The van der Waals surface area contributed by atoms with Crippen molar-refractivity contribution in [3.8, 4) is 0 Å². The molecule has 10 N–H and O–H groups in total. The van der Waals surface area contributed by atoms with Crippen LogP contribution in [0.5, 0.6) is 0 Å². The number of ether oxygens (including phenoxy) is 6. The van der Waals surface area contributed by atoms with E-state index in [-0.39, 0.29) is 121 Å². The van der Waals surface area contributed by atoms with E-state index >= 15 is 0 Å². The van der Waals surface area contributed by atoms with Crippen molar-refractivity contribution in [1.82, 2.24) is 10.3 Å². The van der Waals surface area contributed by atoms with Crippen LogP contribution in [0.2, 0.25) is 0 Å². The molecule has 0 aliphatic heterocycles. The van der Waals surface area contributed by atoms with Gasteiger partial charge < -0.3 is 66.1 Å². The zero-order chi connectivity index (χ0) is 44.1. The number of aliphatic imine (C=N–C) groups is 1. The van der Waals surface area contributed by atoms with Crippen molar-refractivity contribution in [3.05, 3.63) is 128 Å². The average Bonchev–Trinajstić information content (AvgIpc) is 3.64. The van der Waals surface area contributed by atoms with Crippen LogP contribution in [-0.4, -0.2) is 124 Å². The van der Waals surface area contributed by atoms with E-state index in [0.717, 1.165) is 24.0 Å². The highest BCUT2D eigenvalue weighted by atomic mass is 16.6. The number of hydrogen-bond donors (Lipinski definition) is 7. The number of nitrogens with one attached hydrogen (secondary N) is 2. The first-order valence-electron chi connectivity index (χ1n) is 20.6. The van der Waals surface area contributed by atoms with Gasteiger partial charge in [0.15, 0.2) is 5.96 Å². The van der Waals surface area contributed by atoms with Gasteiger partial charge in [-0.1, -0.05) is 66.7 Å². The third-order valence-corrected chi connectivity index (χ3v) is 10.1. The van der Waals surface area contributed by atoms with Crippen LogP contribution in [0, 0.1) is 0 Å². The van der Waals surface area contributed by atoms with Crippen LogP contribution in [0.1, 0.15) is 71.0 Å². The summed E-state index contributed by atoms with van der Waals surface area (Å²) in [6, 6.07) is 21.8. The normalized spacial score (nSPS) is 12.5. The number of nitrogens with zero attached hydrogens (tertiary/aromatic N) is 1. The molecular weight excluding hydrogens is 801 g/mol. The molecule has 62 heavy (non-hydrogen) atoms. The van der Waals surface area contributed by atoms with E-state index < -0.39 is 29.7 Å². The van der Waals surface area contributed by atoms with Gasteiger partial charge in [0.25, 0.3) is 11.8 Å². The number of aliphatic hydroxyl groups excluding tert-OH is 2. The highest BCUT2D eigenvalue weighted by Gasteiger charge is 2.29. The fraction of sp³-hybridized carbons (Fsp3) is 0.422. The molecule has 0 saturated carbocycles. The summed E-state index contributed by atoms with van der Waals surface area (Å²) in [4.78, 5) is 47.2.